The molecule has 0 radical (unpaired) electrons. The van der Waals surface area contributed by atoms with Crippen LogP contribution in [0.5, 0.6) is 0 Å². The van der Waals surface area contributed by atoms with Crippen LogP contribution in [0.1, 0.15) is 5.56 Å². The van der Waals surface area contributed by atoms with Gasteiger partial charge in [0, 0.05) is 10.9 Å². The first-order valence-electron chi connectivity index (χ1n) is 3.29. The number of hydrogen-bond donors (Lipinski definition) is 1. The highest BCUT2D eigenvalue weighted by Gasteiger charge is 2.04. The summed E-state index contributed by atoms with van der Waals surface area (Å²) in [6.07, 6.45) is 0. The molecule has 64 valence electrons. The standard InChI is InChI=1S/C9H4ClFN2/c10-7-4-6(2-1-3-12)9(13)8(11)5-7/h4-5H,13H2. The molecule has 0 saturated carbocycles. The fourth-order valence-corrected chi connectivity index (χ4v) is 0.988. The third kappa shape index (κ3) is 2.11. The molecule has 1 rings (SSSR count). The first-order chi connectivity index (χ1) is 6.15. The highest BCUT2D eigenvalue weighted by Crippen LogP contribution is 2.20. The molecule has 0 atom stereocenters. The topological polar surface area (TPSA) is 49.8 Å². The molecule has 2 nitrogen and oxygen atoms in total. The first kappa shape index (κ1) is 9.38. The van der Waals surface area contributed by atoms with Gasteiger partial charge in [-0.3, -0.25) is 0 Å². The molecule has 2 N–H and O–H groups in total. The third-order valence-electron chi connectivity index (χ3n) is 1.35. The van der Waals surface area contributed by atoms with Crippen molar-refractivity contribution in [3.05, 3.63) is 28.5 Å². The van der Waals surface area contributed by atoms with Gasteiger partial charge in [-0.1, -0.05) is 11.6 Å². The van der Waals surface area contributed by atoms with Gasteiger partial charge in [-0.25, -0.2) is 4.39 Å². The molecule has 0 unspecified atom stereocenters. The Morgan fingerprint density at radius 3 is 2.77 bits per heavy atom. The Labute approximate surface area is 79.7 Å². The smallest absolute Gasteiger partial charge is 0.152 e. The van der Waals surface area contributed by atoms with Gasteiger partial charge in [0.2, 0.25) is 0 Å². The SMILES string of the molecule is N#CC#Cc1cc(Cl)cc(F)c1N. The number of rotatable bonds is 0. The summed E-state index contributed by atoms with van der Waals surface area (Å²) in [5, 5.41) is 8.37. The van der Waals surface area contributed by atoms with Crippen LogP contribution in [0.2, 0.25) is 5.02 Å². The number of benzene rings is 1. The van der Waals surface area contributed by atoms with Gasteiger partial charge in [-0.05, 0) is 18.1 Å². The number of nitrogens with zero attached hydrogens (tertiary/aromatic N) is 1. The van der Waals surface area contributed by atoms with Gasteiger partial charge in [0.1, 0.15) is 5.82 Å². The second-order valence-electron chi connectivity index (χ2n) is 2.21. The Bertz CT molecular complexity index is 437. The Morgan fingerprint density at radius 1 is 1.46 bits per heavy atom. The minimum atomic E-state index is -0.630. The predicted molar refractivity (Wildman–Crippen MR) is 48.3 cm³/mol. The maximum absolute atomic E-state index is 12.9. The molecule has 0 bridgehead atoms. The van der Waals surface area contributed by atoms with Crippen LogP contribution in [0.4, 0.5) is 10.1 Å². The van der Waals surface area contributed by atoms with E-state index in [9.17, 15) is 4.39 Å². The molecule has 0 aromatic heterocycles. The summed E-state index contributed by atoms with van der Waals surface area (Å²) in [5.41, 5.74) is 5.48. The lowest BCUT2D eigenvalue weighted by Crippen LogP contribution is -1.94. The van der Waals surface area contributed by atoms with E-state index in [0.29, 0.717) is 0 Å². The van der Waals surface area contributed by atoms with Crippen molar-refractivity contribution in [3.63, 3.8) is 0 Å². The summed E-state index contributed by atoms with van der Waals surface area (Å²) < 4.78 is 12.9. The number of nitrogen functional groups attached to an aromatic ring is 1. The zero-order chi connectivity index (χ0) is 9.84. The predicted octanol–water partition coefficient (Wildman–Crippen LogP) is 1.94. The maximum Gasteiger partial charge on any atom is 0.152 e. The quantitative estimate of drug-likeness (QED) is 0.507. The van der Waals surface area contributed by atoms with E-state index in [-0.39, 0.29) is 16.3 Å². The van der Waals surface area contributed by atoms with Crippen LogP contribution in [-0.2, 0) is 0 Å². The lowest BCUT2D eigenvalue weighted by Gasteiger charge is -1.99. The fourth-order valence-electron chi connectivity index (χ4n) is 0.783. The van der Waals surface area contributed by atoms with Gasteiger partial charge in [0.05, 0.1) is 11.3 Å². The Balaban J connectivity index is 3.30. The van der Waals surface area contributed by atoms with Crippen LogP contribution >= 0.6 is 11.6 Å². The Hall–Kier alpha value is -1.71. The summed E-state index contributed by atoms with van der Waals surface area (Å²) in [7, 11) is 0. The summed E-state index contributed by atoms with van der Waals surface area (Å²) >= 11 is 5.55. The van der Waals surface area contributed by atoms with E-state index < -0.39 is 5.82 Å². The largest absolute Gasteiger partial charge is 0.395 e. The molecule has 0 amide bonds. The minimum Gasteiger partial charge on any atom is -0.395 e. The van der Waals surface area contributed by atoms with Crippen molar-refractivity contribution < 1.29 is 4.39 Å². The van der Waals surface area contributed by atoms with Gasteiger partial charge in [0.25, 0.3) is 0 Å². The minimum absolute atomic E-state index is 0.0906. The molecule has 0 heterocycles. The second kappa shape index (κ2) is 3.80. The van der Waals surface area contributed by atoms with Crippen LogP contribution in [0.3, 0.4) is 0 Å². The zero-order valence-electron chi connectivity index (χ0n) is 6.44. The van der Waals surface area contributed by atoms with E-state index >= 15 is 0 Å². The molecule has 1 aromatic carbocycles. The van der Waals surface area contributed by atoms with E-state index in [1.54, 1.807) is 6.07 Å². The van der Waals surface area contributed by atoms with E-state index in [1.165, 1.54) is 6.07 Å². The van der Waals surface area contributed by atoms with Crippen molar-refractivity contribution in [1.82, 2.24) is 0 Å². The Kier molecular flexibility index (Phi) is 2.74. The van der Waals surface area contributed by atoms with E-state index in [4.69, 9.17) is 22.6 Å². The van der Waals surface area contributed by atoms with Crippen LogP contribution in [0, 0.1) is 29.0 Å². The molecule has 0 aliphatic rings. The normalized spacial score (nSPS) is 8.38. The Morgan fingerprint density at radius 2 is 2.15 bits per heavy atom. The van der Waals surface area contributed by atoms with Crippen molar-refractivity contribution >= 4 is 17.3 Å². The second-order valence-corrected chi connectivity index (χ2v) is 2.65. The molecule has 4 heteroatoms. The molecule has 0 saturated heterocycles. The fraction of sp³-hybridized carbons (Fsp3) is 0. The van der Waals surface area contributed by atoms with E-state index in [1.807, 2.05) is 0 Å². The van der Waals surface area contributed by atoms with Crippen molar-refractivity contribution in [1.29, 1.82) is 5.26 Å². The van der Waals surface area contributed by atoms with Crippen LogP contribution in [0.25, 0.3) is 0 Å². The van der Waals surface area contributed by atoms with E-state index in [2.05, 4.69) is 11.8 Å². The van der Waals surface area contributed by atoms with Gasteiger partial charge < -0.3 is 5.73 Å². The van der Waals surface area contributed by atoms with Crippen LogP contribution in [-0.4, -0.2) is 0 Å². The van der Waals surface area contributed by atoms with Gasteiger partial charge in [-0.15, -0.1) is 0 Å². The van der Waals surface area contributed by atoms with Gasteiger partial charge in [-0.2, -0.15) is 5.26 Å². The number of nitriles is 1. The highest BCUT2D eigenvalue weighted by atomic mass is 35.5. The van der Waals surface area contributed by atoms with Crippen LogP contribution in [0.15, 0.2) is 12.1 Å². The molecule has 0 aliphatic heterocycles. The average Bonchev–Trinajstić information content (AvgIpc) is 2.09. The number of hydrogen-bond acceptors (Lipinski definition) is 2. The first-order valence-corrected chi connectivity index (χ1v) is 3.67. The summed E-state index contributed by atoms with van der Waals surface area (Å²) in [6, 6.07) is 4.10. The van der Waals surface area contributed by atoms with Crippen molar-refractivity contribution in [2.45, 2.75) is 0 Å². The molecule has 13 heavy (non-hydrogen) atoms. The lowest BCUT2D eigenvalue weighted by molar-refractivity contribution is 0.632. The van der Waals surface area contributed by atoms with E-state index in [0.717, 1.165) is 6.07 Å². The molecule has 1 aromatic rings. The number of anilines is 1. The molecule has 0 aliphatic carbocycles. The average molecular weight is 195 g/mol. The molecular formula is C9H4ClFN2. The van der Waals surface area contributed by atoms with Crippen molar-refractivity contribution in [2.75, 3.05) is 5.73 Å². The maximum atomic E-state index is 12.9. The van der Waals surface area contributed by atoms with Crippen molar-refractivity contribution in [2.24, 2.45) is 0 Å². The lowest BCUT2D eigenvalue weighted by atomic mass is 10.2. The number of nitrogens with two attached hydrogens (primary N) is 1. The zero-order valence-corrected chi connectivity index (χ0v) is 7.19. The monoisotopic (exact) mass is 194 g/mol. The summed E-state index contributed by atoms with van der Waals surface area (Å²) in [4.78, 5) is 0. The van der Waals surface area contributed by atoms with Crippen molar-refractivity contribution in [3.8, 4) is 17.9 Å². The summed E-state index contributed by atoms with van der Waals surface area (Å²) in [6.45, 7) is 0. The molecule has 0 spiro atoms. The number of halogens is 2. The van der Waals surface area contributed by atoms with Gasteiger partial charge >= 0.3 is 0 Å². The summed E-state index contributed by atoms with van der Waals surface area (Å²) in [5.74, 6) is 3.86. The van der Waals surface area contributed by atoms with Gasteiger partial charge in [0.15, 0.2) is 6.07 Å². The van der Waals surface area contributed by atoms with Crippen LogP contribution < -0.4 is 5.73 Å². The molecular weight excluding hydrogens is 191 g/mol. The highest BCUT2D eigenvalue weighted by molar-refractivity contribution is 6.30. The third-order valence-corrected chi connectivity index (χ3v) is 1.57. The molecule has 0 fully saturated rings.